The highest BCUT2D eigenvalue weighted by atomic mass is 16.4. The van der Waals surface area contributed by atoms with Gasteiger partial charge in [0.25, 0.3) is 0 Å². The van der Waals surface area contributed by atoms with Gasteiger partial charge in [-0.15, -0.1) is 0 Å². The number of rotatable bonds is 12. The summed E-state index contributed by atoms with van der Waals surface area (Å²) >= 11 is 0. The van der Waals surface area contributed by atoms with Crippen LogP contribution >= 0.6 is 0 Å². The SMILES string of the molecule is CC(N)C(=O)NC(C(=O)NC(CCC(N)=O)C(=O)NC(C(=O)O)C(C)O)C(C)C. The molecule has 4 amide bonds. The Morgan fingerprint density at radius 2 is 1.38 bits per heavy atom. The molecule has 0 rings (SSSR count). The van der Waals surface area contributed by atoms with Gasteiger partial charge < -0.3 is 37.6 Å². The number of aliphatic hydroxyl groups is 1. The fourth-order valence-corrected chi connectivity index (χ4v) is 2.28. The van der Waals surface area contributed by atoms with E-state index < -0.39 is 59.9 Å². The number of carbonyl (C=O) groups excluding carboxylic acids is 4. The molecule has 0 aromatic heterocycles. The molecule has 0 aliphatic carbocycles. The lowest BCUT2D eigenvalue weighted by Crippen LogP contribution is -2.59. The number of hydrogen-bond donors (Lipinski definition) is 7. The Balaban J connectivity index is 5.44. The Hall–Kier alpha value is -2.73. The van der Waals surface area contributed by atoms with E-state index in [0.29, 0.717) is 0 Å². The van der Waals surface area contributed by atoms with E-state index in [2.05, 4.69) is 16.0 Å². The molecule has 0 saturated heterocycles. The minimum absolute atomic E-state index is 0.203. The van der Waals surface area contributed by atoms with Crippen molar-refractivity contribution in [1.29, 1.82) is 0 Å². The van der Waals surface area contributed by atoms with Crippen molar-refractivity contribution in [2.45, 2.75) is 70.8 Å². The van der Waals surface area contributed by atoms with Crippen LogP contribution < -0.4 is 27.4 Å². The highest BCUT2D eigenvalue weighted by Gasteiger charge is 2.32. The zero-order valence-corrected chi connectivity index (χ0v) is 17.0. The van der Waals surface area contributed by atoms with Gasteiger partial charge in [0.05, 0.1) is 12.1 Å². The van der Waals surface area contributed by atoms with Crippen LogP contribution in [0.25, 0.3) is 0 Å². The lowest BCUT2D eigenvalue weighted by atomic mass is 10.0. The fraction of sp³-hybridized carbons (Fsp3) is 0.706. The first kappa shape index (κ1) is 26.3. The van der Waals surface area contributed by atoms with Gasteiger partial charge in [-0.1, -0.05) is 13.8 Å². The van der Waals surface area contributed by atoms with Crippen LogP contribution in [0, 0.1) is 5.92 Å². The number of aliphatic carboxylic acids is 1. The van der Waals surface area contributed by atoms with Crippen LogP contribution in [-0.4, -0.2) is 70.1 Å². The highest BCUT2D eigenvalue weighted by Crippen LogP contribution is 2.06. The van der Waals surface area contributed by atoms with Crippen LogP contribution in [0.5, 0.6) is 0 Å². The van der Waals surface area contributed by atoms with Gasteiger partial charge in [0.1, 0.15) is 12.1 Å². The van der Waals surface area contributed by atoms with Gasteiger partial charge in [-0.2, -0.15) is 0 Å². The monoisotopic (exact) mass is 417 g/mol. The molecule has 0 aromatic rings. The number of hydrogen-bond acceptors (Lipinski definition) is 7. The van der Waals surface area contributed by atoms with Gasteiger partial charge in [-0.25, -0.2) is 4.79 Å². The number of primary amides is 1. The van der Waals surface area contributed by atoms with Gasteiger partial charge in [-0.3, -0.25) is 19.2 Å². The maximum atomic E-state index is 12.6. The van der Waals surface area contributed by atoms with Crippen LogP contribution in [0.3, 0.4) is 0 Å². The second-order valence-corrected chi connectivity index (χ2v) is 7.15. The second kappa shape index (κ2) is 12.0. The number of carbonyl (C=O) groups is 5. The third kappa shape index (κ3) is 9.34. The molecule has 0 fully saturated rings. The van der Waals surface area contributed by atoms with Crippen molar-refractivity contribution in [2.24, 2.45) is 17.4 Å². The van der Waals surface area contributed by atoms with E-state index in [1.165, 1.54) is 13.8 Å². The van der Waals surface area contributed by atoms with Crippen molar-refractivity contribution in [3.63, 3.8) is 0 Å². The van der Waals surface area contributed by atoms with Crippen LogP contribution in [0.15, 0.2) is 0 Å². The summed E-state index contributed by atoms with van der Waals surface area (Å²) in [6.45, 7) is 5.94. The molecule has 9 N–H and O–H groups in total. The smallest absolute Gasteiger partial charge is 0.328 e. The van der Waals surface area contributed by atoms with Crippen LogP contribution in [-0.2, 0) is 24.0 Å². The quantitative estimate of drug-likeness (QED) is 0.175. The minimum Gasteiger partial charge on any atom is -0.480 e. The summed E-state index contributed by atoms with van der Waals surface area (Å²) in [4.78, 5) is 59.2. The predicted molar refractivity (Wildman–Crippen MR) is 102 cm³/mol. The van der Waals surface area contributed by atoms with Crippen molar-refractivity contribution in [2.75, 3.05) is 0 Å². The van der Waals surface area contributed by atoms with Crippen LogP contribution in [0.4, 0.5) is 0 Å². The third-order valence-electron chi connectivity index (χ3n) is 4.02. The molecule has 0 radical (unpaired) electrons. The number of carboxylic acid groups (broad SMARTS) is 1. The first-order chi connectivity index (χ1) is 13.3. The van der Waals surface area contributed by atoms with Crippen molar-refractivity contribution in [3.05, 3.63) is 0 Å². The van der Waals surface area contributed by atoms with Crippen molar-refractivity contribution in [1.82, 2.24) is 16.0 Å². The molecular weight excluding hydrogens is 386 g/mol. The molecule has 12 heteroatoms. The van der Waals surface area contributed by atoms with E-state index in [1.807, 2.05) is 0 Å². The van der Waals surface area contributed by atoms with Crippen molar-refractivity contribution in [3.8, 4) is 0 Å². The van der Waals surface area contributed by atoms with Gasteiger partial charge >= 0.3 is 5.97 Å². The number of carboxylic acids is 1. The van der Waals surface area contributed by atoms with Crippen molar-refractivity contribution >= 4 is 29.6 Å². The molecule has 12 nitrogen and oxygen atoms in total. The summed E-state index contributed by atoms with van der Waals surface area (Å²) in [5.74, 6) is -4.78. The Morgan fingerprint density at radius 1 is 0.862 bits per heavy atom. The van der Waals surface area contributed by atoms with E-state index in [0.717, 1.165) is 0 Å². The number of amides is 4. The fourth-order valence-electron chi connectivity index (χ4n) is 2.28. The summed E-state index contributed by atoms with van der Waals surface area (Å²) in [6.07, 6.45) is -1.87. The summed E-state index contributed by atoms with van der Waals surface area (Å²) in [5.41, 5.74) is 10.6. The van der Waals surface area contributed by atoms with Crippen LogP contribution in [0.2, 0.25) is 0 Å². The van der Waals surface area contributed by atoms with Gasteiger partial charge in [0, 0.05) is 6.42 Å². The molecule has 0 aliphatic heterocycles. The zero-order valence-electron chi connectivity index (χ0n) is 17.0. The molecule has 0 bridgehead atoms. The topological polar surface area (TPSA) is 214 Å². The predicted octanol–water partition coefficient (Wildman–Crippen LogP) is -2.83. The average molecular weight is 417 g/mol. The first-order valence-corrected chi connectivity index (χ1v) is 9.13. The van der Waals surface area contributed by atoms with E-state index in [1.54, 1.807) is 13.8 Å². The van der Waals surface area contributed by atoms with Gasteiger partial charge in [0.15, 0.2) is 6.04 Å². The third-order valence-corrected chi connectivity index (χ3v) is 4.02. The minimum atomic E-state index is -1.62. The van der Waals surface area contributed by atoms with E-state index in [-0.39, 0.29) is 18.8 Å². The molecular formula is C17H31N5O7. The maximum absolute atomic E-state index is 12.6. The molecule has 0 saturated carbocycles. The molecule has 0 aromatic carbocycles. The van der Waals surface area contributed by atoms with E-state index in [9.17, 15) is 29.1 Å². The zero-order chi connectivity index (χ0) is 22.9. The molecule has 0 heterocycles. The Labute approximate surface area is 168 Å². The van der Waals surface area contributed by atoms with E-state index in [4.69, 9.17) is 16.6 Å². The second-order valence-electron chi connectivity index (χ2n) is 7.15. The Morgan fingerprint density at radius 3 is 1.76 bits per heavy atom. The largest absolute Gasteiger partial charge is 0.480 e. The molecule has 5 unspecified atom stereocenters. The summed E-state index contributed by atoms with van der Waals surface area (Å²) < 4.78 is 0. The van der Waals surface area contributed by atoms with E-state index >= 15 is 0 Å². The maximum Gasteiger partial charge on any atom is 0.328 e. The molecule has 5 atom stereocenters. The number of nitrogens with one attached hydrogen (secondary N) is 3. The van der Waals surface area contributed by atoms with Gasteiger partial charge in [0.2, 0.25) is 23.6 Å². The van der Waals surface area contributed by atoms with Crippen molar-refractivity contribution < 1.29 is 34.2 Å². The summed E-state index contributed by atoms with van der Waals surface area (Å²) in [6, 6.07) is -4.82. The molecule has 166 valence electrons. The standard InChI is InChI=1S/C17H31N5O7/c1-7(2)12(21-14(25)8(3)18)16(27)20-10(5-6-11(19)24)15(26)22-13(9(4)23)17(28)29/h7-10,12-13,23H,5-6,18H2,1-4H3,(H2,19,24)(H,20,27)(H,21,25)(H,22,26)(H,28,29). The number of aliphatic hydroxyl groups excluding tert-OH is 1. The number of nitrogens with two attached hydrogens (primary N) is 2. The first-order valence-electron chi connectivity index (χ1n) is 9.13. The average Bonchev–Trinajstić information content (AvgIpc) is 2.58. The lowest BCUT2D eigenvalue weighted by molar-refractivity contribution is -0.145. The molecule has 29 heavy (non-hydrogen) atoms. The molecule has 0 spiro atoms. The lowest BCUT2D eigenvalue weighted by Gasteiger charge is -2.27. The molecule has 0 aliphatic rings. The normalized spacial score (nSPS) is 16.1. The Kier molecular flexibility index (Phi) is 10.8. The summed E-state index contributed by atoms with van der Waals surface area (Å²) in [5, 5.41) is 25.6. The van der Waals surface area contributed by atoms with Crippen LogP contribution in [0.1, 0.15) is 40.5 Å². The van der Waals surface area contributed by atoms with Gasteiger partial charge in [-0.05, 0) is 26.2 Å². The summed E-state index contributed by atoms with van der Waals surface area (Å²) in [7, 11) is 0. The highest BCUT2D eigenvalue weighted by molar-refractivity contribution is 5.94. The Bertz CT molecular complexity index is 621.